The van der Waals surface area contributed by atoms with Crippen LogP contribution in [0.25, 0.3) is 0 Å². The first-order chi connectivity index (χ1) is 7.97. The van der Waals surface area contributed by atoms with Gasteiger partial charge in [0.2, 0.25) is 0 Å². The van der Waals surface area contributed by atoms with Crippen LogP contribution in [0.1, 0.15) is 21.7 Å². The van der Waals surface area contributed by atoms with Gasteiger partial charge in [-0.25, -0.2) is 4.98 Å². The molecule has 2 N–H and O–H groups in total. The van der Waals surface area contributed by atoms with Gasteiger partial charge in [-0.15, -0.1) is 0 Å². The molecule has 1 aromatic heterocycles. The van der Waals surface area contributed by atoms with Crippen LogP contribution in [0.15, 0.2) is 12.1 Å². The first-order valence-corrected chi connectivity index (χ1v) is 6.27. The lowest BCUT2D eigenvalue weighted by molar-refractivity contribution is 0.474. The minimum absolute atomic E-state index is 0.673. The van der Waals surface area contributed by atoms with E-state index < -0.39 is 0 Å². The third-order valence-electron chi connectivity index (χ3n) is 2.77. The maximum atomic E-state index is 5.88. The Morgan fingerprint density at radius 2 is 1.82 bits per heavy atom. The second-order valence-corrected chi connectivity index (χ2v) is 5.36. The summed E-state index contributed by atoms with van der Waals surface area (Å²) < 4.78 is 5.77. The lowest BCUT2D eigenvalue weighted by Gasteiger charge is -2.08. The number of benzene rings is 1. The normalized spacial score (nSPS) is 10.6. The van der Waals surface area contributed by atoms with E-state index in [1.165, 1.54) is 4.88 Å². The monoisotopic (exact) mass is 248 g/mol. The van der Waals surface area contributed by atoms with Gasteiger partial charge in [-0.05, 0) is 38.8 Å². The molecule has 0 atom stereocenters. The Bertz CT molecular complexity index is 541. The van der Waals surface area contributed by atoms with Crippen molar-refractivity contribution in [3.63, 3.8) is 0 Å². The summed E-state index contributed by atoms with van der Waals surface area (Å²) in [6, 6.07) is 3.88. The van der Waals surface area contributed by atoms with Crippen molar-refractivity contribution in [3.8, 4) is 10.9 Å². The lowest BCUT2D eigenvalue weighted by atomic mass is 10.1. The Kier molecular flexibility index (Phi) is 3.07. The van der Waals surface area contributed by atoms with Crippen LogP contribution in [-0.2, 0) is 0 Å². The molecule has 0 saturated heterocycles. The second-order valence-electron chi connectivity index (χ2n) is 4.20. The van der Waals surface area contributed by atoms with E-state index in [9.17, 15) is 0 Å². The maximum absolute atomic E-state index is 5.88. The Morgan fingerprint density at radius 3 is 2.41 bits per heavy atom. The molecule has 90 valence electrons. The predicted octanol–water partition coefficient (Wildman–Crippen LogP) is 3.75. The second kappa shape index (κ2) is 4.37. The van der Waals surface area contributed by atoms with Crippen LogP contribution in [0.5, 0.6) is 10.9 Å². The van der Waals surface area contributed by atoms with Crippen molar-refractivity contribution in [3.05, 3.63) is 33.8 Å². The van der Waals surface area contributed by atoms with Crippen molar-refractivity contribution in [1.82, 2.24) is 4.98 Å². The third-order valence-corrected chi connectivity index (χ3v) is 3.72. The number of aromatic nitrogens is 1. The number of nitrogen functional groups attached to an aromatic ring is 1. The number of anilines is 1. The Hall–Kier alpha value is -1.55. The average Bonchev–Trinajstić information content (AvgIpc) is 2.55. The highest BCUT2D eigenvalue weighted by Gasteiger charge is 2.09. The molecule has 0 aliphatic heterocycles. The van der Waals surface area contributed by atoms with Gasteiger partial charge >= 0.3 is 0 Å². The van der Waals surface area contributed by atoms with Crippen molar-refractivity contribution < 1.29 is 4.74 Å². The number of nitrogens with zero attached hydrogens (tertiary/aromatic N) is 1. The van der Waals surface area contributed by atoms with E-state index in [1.807, 2.05) is 39.8 Å². The van der Waals surface area contributed by atoms with E-state index >= 15 is 0 Å². The van der Waals surface area contributed by atoms with Gasteiger partial charge in [0.15, 0.2) is 0 Å². The molecular weight excluding hydrogens is 232 g/mol. The molecule has 3 nitrogen and oxygen atoms in total. The summed E-state index contributed by atoms with van der Waals surface area (Å²) in [5.41, 5.74) is 9.79. The number of hydrogen-bond acceptors (Lipinski definition) is 4. The van der Waals surface area contributed by atoms with Gasteiger partial charge in [-0.2, -0.15) is 0 Å². The van der Waals surface area contributed by atoms with Crippen LogP contribution >= 0.6 is 11.3 Å². The van der Waals surface area contributed by atoms with Crippen LogP contribution in [0.4, 0.5) is 5.69 Å². The fourth-order valence-electron chi connectivity index (χ4n) is 1.54. The molecule has 0 spiro atoms. The van der Waals surface area contributed by atoms with Crippen molar-refractivity contribution in [2.45, 2.75) is 27.7 Å². The molecule has 4 heteroatoms. The predicted molar refractivity (Wildman–Crippen MR) is 72.0 cm³/mol. The molecule has 17 heavy (non-hydrogen) atoms. The Balaban J connectivity index is 2.33. The molecule has 1 aromatic carbocycles. The molecule has 0 bridgehead atoms. The van der Waals surface area contributed by atoms with Gasteiger partial charge in [-0.1, -0.05) is 17.4 Å². The van der Waals surface area contributed by atoms with Gasteiger partial charge in [0.25, 0.3) is 5.19 Å². The Morgan fingerprint density at radius 1 is 1.12 bits per heavy atom. The minimum atomic E-state index is 0.673. The highest BCUT2D eigenvalue weighted by atomic mass is 32.1. The molecule has 0 saturated carbocycles. The van der Waals surface area contributed by atoms with Crippen LogP contribution in [0, 0.1) is 27.7 Å². The summed E-state index contributed by atoms with van der Waals surface area (Å²) in [6.45, 7) is 8.02. The van der Waals surface area contributed by atoms with Gasteiger partial charge in [0.05, 0.1) is 5.69 Å². The summed E-state index contributed by atoms with van der Waals surface area (Å²) in [7, 11) is 0. The summed E-state index contributed by atoms with van der Waals surface area (Å²) in [4.78, 5) is 5.53. The van der Waals surface area contributed by atoms with E-state index in [1.54, 1.807) is 11.3 Å². The largest absolute Gasteiger partial charge is 0.431 e. The molecule has 0 unspecified atom stereocenters. The zero-order valence-corrected chi connectivity index (χ0v) is 11.3. The first-order valence-electron chi connectivity index (χ1n) is 5.46. The van der Waals surface area contributed by atoms with Crippen molar-refractivity contribution in [2.24, 2.45) is 0 Å². The number of rotatable bonds is 2. The highest BCUT2D eigenvalue weighted by Crippen LogP contribution is 2.32. The van der Waals surface area contributed by atoms with Crippen LogP contribution in [-0.4, -0.2) is 4.98 Å². The highest BCUT2D eigenvalue weighted by molar-refractivity contribution is 7.13. The molecule has 2 rings (SSSR count). The van der Waals surface area contributed by atoms with Crippen LogP contribution < -0.4 is 10.5 Å². The van der Waals surface area contributed by atoms with E-state index in [0.717, 1.165) is 28.3 Å². The molecule has 1 heterocycles. The maximum Gasteiger partial charge on any atom is 0.279 e. The van der Waals surface area contributed by atoms with Crippen molar-refractivity contribution in [1.29, 1.82) is 0 Å². The SMILES string of the molecule is Cc1cc(C)c(Oc2nc(C)c(C)s2)cc1N. The van der Waals surface area contributed by atoms with Crippen molar-refractivity contribution in [2.75, 3.05) is 5.73 Å². The summed E-state index contributed by atoms with van der Waals surface area (Å²) in [6.07, 6.45) is 0. The fraction of sp³-hybridized carbons (Fsp3) is 0.308. The van der Waals surface area contributed by atoms with Crippen LogP contribution in [0.3, 0.4) is 0 Å². The summed E-state index contributed by atoms with van der Waals surface area (Å²) in [5.74, 6) is 0.779. The number of nitrogens with two attached hydrogens (primary N) is 1. The smallest absolute Gasteiger partial charge is 0.279 e. The molecular formula is C13H16N2OS. The topological polar surface area (TPSA) is 48.1 Å². The average molecular weight is 248 g/mol. The quantitative estimate of drug-likeness (QED) is 0.823. The van der Waals surface area contributed by atoms with E-state index in [4.69, 9.17) is 10.5 Å². The lowest BCUT2D eigenvalue weighted by Crippen LogP contribution is -1.94. The first kappa shape index (κ1) is 11.9. The van der Waals surface area contributed by atoms with E-state index in [0.29, 0.717) is 5.19 Å². The summed E-state index contributed by atoms with van der Waals surface area (Å²) in [5, 5.41) is 0.673. The van der Waals surface area contributed by atoms with Gasteiger partial charge in [0, 0.05) is 16.6 Å². The minimum Gasteiger partial charge on any atom is -0.431 e. The van der Waals surface area contributed by atoms with Gasteiger partial charge < -0.3 is 10.5 Å². The molecule has 2 aromatic rings. The summed E-state index contributed by atoms with van der Waals surface area (Å²) >= 11 is 1.55. The Labute approximate surface area is 105 Å². The van der Waals surface area contributed by atoms with Crippen LogP contribution in [0.2, 0.25) is 0 Å². The van der Waals surface area contributed by atoms with Gasteiger partial charge in [0.1, 0.15) is 5.75 Å². The zero-order chi connectivity index (χ0) is 12.6. The van der Waals surface area contributed by atoms with E-state index in [2.05, 4.69) is 4.98 Å². The number of ether oxygens (including phenoxy) is 1. The zero-order valence-electron chi connectivity index (χ0n) is 10.5. The molecule has 0 radical (unpaired) electrons. The molecule has 0 amide bonds. The third kappa shape index (κ3) is 2.42. The standard InChI is InChI=1S/C13H16N2OS/c1-7-5-8(2)12(6-11(7)14)16-13-15-9(3)10(4)17-13/h5-6H,14H2,1-4H3. The van der Waals surface area contributed by atoms with Crippen molar-refractivity contribution >= 4 is 17.0 Å². The number of thiazole rings is 1. The van der Waals surface area contributed by atoms with Gasteiger partial charge in [-0.3, -0.25) is 0 Å². The number of aryl methyl sites for hydroxylation is 4. The van der Waals surface area contributed by atoms with E-state index in [-0.39, 0.29) is 0 Å². The molecule has 0 aliphatic carbocycles. The molecule has 0 aliphatic rings. The fourth-order valence-corrected chi connectivity index (χ4v) is 2.31. The molecule has 0 fully saturated rings. The number of hydrogen-bond donors (Lipinski definition) is 1.